The van der Waals surface area contributed by atoms with Crippen molar-refractivity contribution in [3.8, 4) is 0 Å². The number of nitrogens with zero attached hydrogens (tertiary/aromatic N) is 1. The minimum atomic E-state index is -0.843. The lowest BCUT2D eigenvalue weighted by atomic mass is 10.2. The normalized spacial score (nSPS) is 18.1. The Hall–Kier alpha value is -1.18. The number of furan rings is 1. The van der Waals surface area contributed by atoms with Gasteiger partial charge in [-0.25, -0.2) is 5.43 Å². The van der Waals surface area contributed by atoms with Gasteiger partial charge in [0.05, 0.1) is 30.3 Å². The average molecular weight is 331 g/mol. The van der Waals surface area contributed by atoms with Crippen LogP contribution in [0, 0.1) is 6.92 Å². The minimum Gasteiger partial charge on any atom is -0.459 e. The molecule has 7 heteroatoms. The van der Waals surface area contributed by atoms with Crippen molar-refractivity contribution in [2.45, 2.75) is 26.1 Å². The van der Waals surface area contributed by atoms with Gasteiger partial charge >= 0.3 is 0 Å². The molecule has 0 saturated carbocycles. The van der Waals surface area contributed by atoms with Crippen molar-refractivity contribution in [2.24, 2.45) is 5.10 Å². The van der Waals surface area contributed by atoms with Crippen LogP contribution in [0.25, 0.3) is 0 Å². The molecular weight excluding hydrogens is 316 g/mol. The number of hydrogen-bond acceptors (Lipinski definition) is 5. The molecule has 0 spiro atoms. The van der Waals surface area contributed by atoms with E-state index in [0.29, 0.717) is 19.0 Å². The number of amides is 1. The summed E-state index contributed by atoms with van der Waals surface area (Å²) in [5, 5.41) is 3.82. The number of halogens is 1. The zero-order valence-corrected chi connectivity index (χ0v) is 12.3. The first-order valence-electron chi connectivity index (χ1n) is 5.84. The van der Waals surface area contributed by atoms with Gasteiger partial charge in [-0.3, -0.25) is 4.79 Å². The van der Waals surface area contributed by atoms with Crippen molar-refractivity contribution in [2.75, 3.05) is 13.2 Å². The van der Waals surface area contributed by atoms with Crippen LogP contribution in [0.5, 0.6) is 0 Å². The quantitative estimate of drug-likeness (QED) is 0.676. The molecule has 104 valence electrons. The lowest BCUT2D eigenvalue weighted by Gasteiger charge is -2.20. The van der Waals surface area contributed by atoms with Crippen LogP contribution in [-0.2, 0) is 14.3 Å². The van der Waals surface area contributed by atoms with Crippen LogP contribution >= 0.6 is 15.9 Å². The highest BCUT2D eigenvalue weighted by atomic mass is 79.9. The van der Waals surface area contributed by atoms with Crippen LogP contribution in [0.15, 0.2) is 20.1 Å². The number of nitrogens with one attached hydrogen (secondary N) is 1. The summed E-state index contributed by atoms with van der Waals surface area (Å²) in [5.41, 5.74) is 2.41. The number of carbonyl (C=O) groups is 1. The number of hydrogen-bond donors (Lipinski definition) is 1. The van der Waals surface area contributed by atoms with Gasteiger partial charge in [0.25, 0.3) is 0 Å². The number of rotatable bonds is 4. The maximum atomic E-state index is 11.6. The van der Waals surface area contributed by atoms with Crippen LogP contribution in [-0.4, -0.2) is 31.1 Å². The van der Waals surface area contributed by atoms with Crippen LogP contribution in [0.2, 0.25) is 0 Å². The monoisotopic (exact) mass is 330 g/mol. The summed E-state index contributed by atoms with van der Waals surface area (Å²) in [6.07, 6.45) is 1.54. The van der Waals surface area contributed by atoms with Crippen LogP contribution in [0.1, 0.15) is 24.9 Å². The second kappa shape index (κ2) is 5.85. The fraction of sp³-hybridized carbons (Fsp3) is 0.500. The molecule has 1 aliphatic rings. The van der Waals surface area contributed by atoms with Crippen molar-refractivity contribution in [1.82, 2.24) is 5.43 Å². The van der Waals surface area contributed by atoms with Crippen molar-refractivity contribution in [3.63, 3.8) is 0 Å². The maximum absolute atomic E-state index is 11.6. The second-order valence-electron chi connectivity index (χ2n) is 4.35. The summed E-state index contributed by atoms with van der Waals surface area (Å²) in [7, 11) is 0. The first-order valence-corrected chi connectivity index (χ1v) is 6.63. The summed E-state index contributed by atoms with van der Waals surface area (Å²) in [6, 6.07) is 1.77. The average Bonchev–Trinajstić information content (AvgIpc) is 2.87. The number of hydrazone groups is 1. The second-order valence-corrected chi connectivity index (χ2v) is 5.21. The Morgan fingerprint density at radius 3 is 2.84 bits per heavy atom. The van der Waals surface area contributed by atoms with E-state index in [9.17, 15) is 4.79 Å². The van der Waals surface area contributed by atoms with Gasteiger partial charge in [-0.2, -0.15) is 5.10 Å². The Balaban J connectivity index is 1.83. The van der Waals surface area contributed by atoms with E-state index < -0.39 is 5.79 Å². The van der Waals surface area contributed by atoms with E-state index >= 15 is 0 Å². The van der Waals surface area contributed by atoms with Gasteiger partial charge in [-0.15, -0.1) is 0 Å². The molecule has 1 aromatic rings. The highest BCUT2D eigenvalue weighted by Crippen LogP contribution is 2.22. The van der Waals surface area contributed by atoms with Crippen molar-refractivity contribution >= 4 is 28.1 Å². The Morgan fingerprint density at radius 1 is 1.58 bits per heavy atom. The SMILES string of the molecule is Cc1oc(/C=N/NC(=O)CC2(C)OCCO2)cc1Br. The van der Waals surface area contributed by atoms with E-state index in [1.165, 1.54) is 6.21 Å². The van der Waals surface area contributed by atoms with E-state index in [2.05, 4.69) is 26.5 Å². The van der Waals surface area contributed by atoms with E-state index in [-0.39, 0.29) is 12.3 Å². The van der Waals surface area contributed by atoms with Crippen LogP contribution in [0.4, 0.5) is 0 Å². The molecule has 0 radical (unpaired) electrons. The molecule has 1 saturated heterocycles. The molecule has 0 aromatic carbocycles. The van der Waals surface area contributed by atoms with Crippen LogP contribution < -0.4 is 5.43 Å². The number of aryl methyl sites for hydroxylation is 1. The molecule has 6 nitrogen and oxygen atoms in total. The van der Waals surface area contributed by atoms with Crippen molar-refractivity contribution < 1.29 is 18.7 Å². The van der Waals surface area contributed by atoms with Gasteiger partial charge in [0.1, 0.15) is 11.5 Å². The molecule has 19 heavy (non-hydrogen) atoms. The third-order valence-electron chi connectivity index (χ3n) is 2.64. The molecule has 1 aliphatic heterocycles. The highest BCUT2D eigenvalue weighted by Gasteiger charge is 2.33. The van der Waals surface area contributed by atoms with Gasteiger partial charge in [-0.05, 0) is 29.8 Å². The smallest absolute Gasteiger partial charge is 0.245 e. The van der Waals surface area contributed by atoms with Crippen LogP contribution in [0.3, 0.4) is 0 Å². The molecule has 0 atom stereocenters. The lowest BCUT2D eigenvalue weighted by Crippen LogP contribution is -2.33. The van der Waals surface area contributed by atoms with Gasteiger partial charge in [0.2, 0.25) is 5.91 Å². The van der Waals surface area contributed by atoms with E-state index in [1.807, 2.05) is 6.92 Å². The van der Waals surface area contributed by atoms with Gasteiger partial charge in [0, 0.05) is 6.07 Å². The molecule has 1 fully saturated rings. The third-order valence-corrected chi connectivity index (χ3v) is 3.42. The molecule has 0 unspecified atom stereocenters. The maximum Gasteiger partial charge on any atom is 0.245 e. The van der Waals surface area contributed by atoms with Gasteiger partial charge in [0.15, 0.2) is 5.79 Å². The van der Waals surface area contributed by atoms with Crippen molar-refractivity contribution in [1.29, 1.82) is 0 Å². The predicted octanol–water partition coefficient (Wildman–Crippen LogP) is 1.95. The Morgan fingerprint density at radius 2 is 2.26 bits per heavy atom. The molecular formula is C12H15BrN2O4. The first kappa shape index (κ1) is 14.2. The molecule has 1 N–H and O–H groups in total. The van der Waals surface area contributed by atoms with E-state index in [1.54, 1.807) is 13.0 Å². The minimum absolute atomic E-state index is 0.102. The van der Waals surface area contributed by atoms with Gasteiger partial charge in [-0.1, -0.05) is 0 Å². The van der Waals surface area contributed by atoms with Crippen molar-refractivity contribution in [3.05, 3.63) is 22.1 Å². The predicted molar refractivity (Wildman–Crippen MR) is 71.8 cm³/mol. The largest absolute Gasteiger partial charge is 0.459 e. The molecule has 2 rings (SSSR count). The summed E-state index contributed by atoms with van der Waals surface area (Å²) in [6.45, 7) is 4.57. The molecule has 0 aliphatic carbocycles. The summed E-state index contributed by atoms with van der Waals surface area (Å²) in [5.74, 6) is 0.199. The van der Waals surface area contributed by atoms with E-state index in [0.717, 1.165) is 10.2 Å². The molecule has 1 amide bonds. The Kier molecular flexibility index (Phi) is 4.38. The standard InChI is InChI=1S/C12H15BrN2O4/c1-8-10(13)5-9(19-8)7-14-15-11(16)6-12(2)17-3-4-18-12/h5,7H,3-4,6H2,1-2H3,(H,15,16)/b14-7+. The number of carbonyl (C=O) groups excluding carboxylic acids is 1. The fourth-order valence-corrected chi connectivity index (χ4v) is 2.01. The summed E-state index contributed by atoms with van der Waals surface area (Å²) in [4.78, 5) is 11.6. The lowest BCUT2D eigenvalue weighted by molar-refractivity contribution is -0.159. The molecule has 1 aromatic heterocycles. The molecule has 2 heterocycles. The third kappa shape index (κ3) is 3.89. The molecule has 0 bridgehead atoms. The van der Waals surface area contributed by atoms with E-state index in [4.69, 9.17) is 13.9 Å². The Bertz CT molecular complexity index is 472. The number of ether oxygens (including phenoxy) is 2. The highest BCUT2D eigenvalue weighted by molar-refractivity contribution is 9.10. The Labute approximate surface area is 119 Å². The topological polar surface area (TPSA) is 73.1 Å². The summed E-state index contributed by atoms with van der Waals surface area (Å²) >= 11 is 3.33. The summed E-state index contributed by atoms with van der Waals surface area (Å²) < 4.78 is 16.9. The zero-order valence-electron chi connectivity index (χ0n) is 10.7. The van der Waals surface area contributed by atoms with Gasteiger partial charge < -0.3 is 13.9 Å². The fourth-order valence-electron chi connectivity index (χ4n) is 1.70. The zero-order chi connectivity index (χ0) is 13.9. The first-order chi connectivity index (χ1) is 8.98.